The number of anilines is 1. The van der Waals surface area contributed by atoms with Gasteiger partial charge in [-0.05, 0) is 12.1 Å². The lowest BCUT2D eigenvalue weighted by atomic mass is 10.2. The molecule has 1 aromatic carbocycles. The standard InChI is InChI=1S/C8H5Cl2NO3/c9-4-1-5(8(13)14)7(11-3-12)6(10)2-4/h1-3H,(H,11,12)(H,13,14). The first-order valence-corrected chi connectivity index (χ1v) is 4.24. The summed E-state index contributed by atoms with van der Waals surface area (Å²) < 4.78 is 0. The van der Waals surface area contributed by atoms with Crippen LogP contribution in [-0.2, 0) is 4.79 Å². The molecule has 0 saturated carbocycles. The van der Waals surface area contributed by atoms with E-state index in [0.29, 0.717) is 6.41 Å². The molecular weight excluding hydrogens is 229 g/mol. The highest BCUT2D eigenvalue weighted by Gasteiger charge is 2.14. The summed E-state index contributed by atoms with van der Waals surface area (Å²) in [4.78, 5) is 20.9. The maximum absolute atomic E-state index is 10.7. The van der Waals surface area contributed by atoms with Gasteiger partial charge in [-0.15, -0.1) is 0 Å². The molecule has 6 heteroatoms. The van der Waals surface area contributed by atoms with E-state index in [0.717, 1.165) is 0 Å². The monoisotopic (exact) mass is 233 g/mol. The molecule has 0 aliphatic heterocycles. The molecule has 0 radical (unpaired) electrons. The molecule has 74 valence electrons. The second-order valence-corrected chi connectivity index (χ2v) is 3.22. The van der Waals surface area contributed by atoms with E-state index in [1.54, 1.807) is 0 Å². The fourth-order valence-corrected chi connectivity index (χ4v) is 1.50. The zero-order valence-electron chi connectivity index (χ0n) is 6.75. The summed E-state index contributed by atoms with van der Waals surface area (Å²) in [5, 5.41) is 11.3. The van der Waals surface area contributed by atoms with Gasteiger partial charge in [-0.3, -0.25) is 4.79 Å². The molecule has 0 fully saturated rings. The zero-order chi connectivity index (χ0) is 10.7. The van der Waals surface area contributed by atoms with Crippen LogP contribution in [0, 0.1) is 0 Å². The van der Waals surface area contributed by atoms with Gasteiger partial charge in [-0.25, -0.2) is 4.79 Å². The number of aromatic carboxylic acids is 1. The Morgan fingerprint density at radius 2 is 2.07 bits per heavy atom. The third-order valence-corrected chi connectivity index (χ3v) is 2.00. The first-order valence-electron chi connectivity index (χ1n) is 3.48. The molecular formula is C8H5Cl2NO3. The summed E-state index contributed by atoms with van der Waals surface area (Å²) in [6, 6.07) is 2.56. The zero-order valence-corrected chi connectivity index (χ0v) is 8.26. The summed E-state index contributed by atoms with van der Waals surface area (Å²) in [6.07, 6.45) is 0.349. The summed E-state index contributed by atoms with van der Waals surface area (Å²) in [5.41, 5.74) is -0.104. The SMILES string of the molecule is O=CNc1c(Cl)cc(Cl)cc1C(=O)O. The van der Waals surface area contributed by atoms with Gasteiger partial charge in [0.25, 0.3) is 0 Å². The summed E-state index contributed by atoms with van der Waals surface area (Å²) in [6.45, 7) is 0. The molecule has 0 bridgehead atoms. The van der Waals surface area contributed by atoms with Gasteiger partial charge in [-0.1, -0.05) is 23.2 Å². The molecule has 0 aliphatic rings. The van der Waals surface area contributed by atoms with Crippen LogP contribution in [0.5, 0.6) is 0 Å². The van der Waals surface area contributed by atoms with Crippen LogP contribution < -0.4 is 5.32 Å². The lowest BCUT2D eigenvalue weighted by Gasteiger charge is -2.06. The van der Waals surface area contributed by atoms with Crippen molar-refractivity contribution >= 4 is 41.3 Å². The number of carboxylic acid groups (broad SMARTS) is 1. The smallest absolute Gasteiger partial charge is 0.337 e. The lowest BCUT2D eigenvalue weighted by Crippen LogP contribution is -2.05. The van der Waals surface area contributed by atoms with Crippen molar-refractivity contribution in [3.63, 3.8) is 0 Å². The Bertz CT molecular complexity index is 392. The summed E-state index contributed by atoms with van der Waals surface area (Å²) >= 11 is 11.3. The number of hydrogen-bond donors (Lipinski definition) is 2. The molecule has 1 rings (SSSR count). The van der Waals surface area contributed by atoms with E-state index in [1.165, 1.54) is 12.1 Å². The van der Waals surface area contributed by atoms with Crippen molar-refractivity contribution in [2.24, 2.45) is 0 Å². The molecule has 0 spiro atoms. The number of amides is 1. The van der Waals surface area contributed by atoms with E-state index in [2.05, 4.69) is 5.32 Å². The normalized spacial score (nSPS) is 9.57. The van der Waals surface area contributed by atoms with Crippen molar-refractivity contribution < 1.29 is 14.7 Å². The number of hydrogen-bond acceptors (Lipinski definition) is 2. The van der Waals surface area contributed by atoms with Gasteiger partial charge < -0.3 is 10.4 Å². The van der Waals surface area contributed by atoms with Gasteiger partial charge in [0.2, 0.25) is 6.41 Å². The number of nitrogens with one attached hydrogen (secondary N) is 1. The Hall–Kier alpha value is -1.26. The van der Waals surface area contributed by atoms with Crippen molar-refractivity contribution in [2.75, 3.05) is 5.32 Å². The molecule has 0 aromatic heterocycles. The first-order chi connectivity index (χ1) is 6.56. The predicted molar refractivity (Wildman–Crippen MR) is 53.1 cm³/mol. The fraction of sp³-hybridized carbons (Fsp3) is 0. The van der Waals surface area contributed by atoms with E-state index >= 15 is 0 Å². The Kier molecular flexibility index (Phi) is 3.33. The van der Waals surface area contributed by atoms with Crippen molar-refractivity contribution in [2.45, 2.75) is 0 Å². The van der Waals surface area contributed by atoms with Crippen LogP contribution in [0.25, 0.3) is 0 Å². The third-order valence-electron chi connectivity index (χ3n) is 1.49. The quantitative estimate of drug-likeness (QED) is 0.788. The van der Waals surface area contributed by atoms with Gasteiger partial charge in [0.05, 0.1) is 16.3 Å². The second-order valence-electron chi connectivity index (χ2n) is 2.38. The third kappa shape index (κ3) is 2.16. The molecule has 2 N–H and O–H groups in total. The number of halogens is 2. The van der Waals surface area contributed by atoms with E-state index in [9.17, 15) is 9.59 Å². The highest BCUT2D eigenvalue weighted by molar-refractivity contribution is 6.37. The van der Waals surface area contributed by atoms with E-state index in [1.807, 2.05) is 0 Å². The average molecular weight is 234 g/mol. The van der Waals surface area contributed by atoms with Gasteiger partial charge in [0.15, 0.2) is 0 Å². The number of carbonyl (C=O) groups is 2. The minimum Gasteiger partial charge on any atom is -0.478 e. The topological polar surface area (TPSA) is 66.4 Å². The molecule has 0 saturated heterocycles. The van der Waals surface area contributed by atoms with Crippen LogP contribution in [0.3, 0.4) is 0 Å². The number of rotatable bonds is 3. The first kappa shape index (κ1) is 10.8. The Morgan fingerprint density at radius 1 is 1.43 bits per heavy atom. The highest BCUT2D eigenvalue weighted by atomic mass is 35.5. The summed E-state index contributed by atoms with van der Waals surface area (Å²) in [7, 11) is 0. The largest absolute Gasteiger partial charge is 0.478 e. The van der Waals surface area contributed by atoms with E-state index in [-0.39, 0.29) is 21.3 Å². The number of benzene rings is 1. The molecule has 1 aromatic rings. The molecule has 4 nitrogen and oxygen atoms in total. The van der Waals surface area contributed by atoms with Gasteiger partial charge in [-0.2, -0.15) is 0 Å². The maximum atomic E-state index is 10.7. The molecule has 0 aliphatic carbocycles. The molecule has 0 atom stereocenters. The minimum atomic E-state index is -1.21. The predicted octanol–water partition coefficient (Wildman–Crippen LogP) is 2.26. The Balaban J connectivity index is 3.35. The molecule has 14 heavy (non-hydrogen) atoms. The molecule has 1 amide bonds. The fourth-order valence-electron chi connectivity index (χ4n) is 0.948. The molecule has 0 heterocycles. The Morgan fingerprint density at radius 3 is 2.57 bits per heavy atom. The van der Waals surface area contributed by atoms with Crippen LogP contribution in [0.4, 0.5) is 5.69 Å². The van der Waals surface area contributed by atoms with Gasteiger partial charge in [0.1, 0.15) is 0 Å². The van der Waals surface area contributed by atoms with Gasteiger partial charge in [0, 0.05) is 5.02 Å². The second kappa shape index (κ2) is 4.30. The van der Waals surface area contributed by atoms with Crippen LogP contribution >= 0.6 is 23.2 Å². The number of carbonyl (C=O) groups excluding carboxylic acids is 1. The molecule has 0 unspecified atom stereocenters. The Labute approximate surface area is 89.4 Å². The van der Waals surface area contributed by atoms with Crippen LogP contribution in [0.1, 0.15) is 10.4 Å². The van der Waals surface area contributed by atoms with E-state index < -0.39 is 5.97 Å². The van der Waals surface area contributed by atoms with E-state index in [4.69, 9.17) is 28.3 Å². The van der Waals surface area contributed by atoms with Crippen molar-refractivity contribution in [1.29, 1.82) is 0 Å². The summed E-state index contributed by atoms with van der Waals surface area (Å²) in [5.74, 6) is -1.21. The minimum absolute atomic E-state index is 0.0403. The average Bonchev–Trinajstić information content (AvgIpc) is 2.09. The van der Waals surface area contributed by atoms with Crippen molar-refractivity contribution in [1.82, 2.24) is 0 Å². The van der Waals surface area contributed by atoms with Crippen LogP contribution in [0.15, 0.2) is 12.1 Å². The van der Waals surface area contributed by atoms with Crippen molar-refractivity contribution in [3.8, 4) is 0 Å². The van der Waals surface area contributed by atoms with Crippen LogP contribution in [-0.4, -0.2) is 17.5 Å². The lowest BCUT2D eigenvalue weighted by molar-refractivity contribution is -0.105. The van der Waals surface area contributed by atoms with Gasteiger partial charge >= 0.3 is 5.97 Å². The highest BCUT2D eigenvalue weighted by Crippen LogP contribution is 2.29. The maximum Gasteiger partial charge on any atom is 0.337 e. The van der Waals surface area contributed by atoms with Crippen molar-refractivity contribution in [3.05, 3.63) is 27.7 Å². The number of carboxylic acids is 1. The van der Waals surface area contributed by atoms with Crippen LogP contribution in [0.2, 0.25) is 10.0 Å².